The van der Waals surface area contributed by atoms with E-state index in [0.29, 0.717) is 39.3 Å². The summed E-state index contributed by atoms with van der Waals surface area (Å²) in [4.78, 5) is 13.2. The van der Waals surface area contributed by atoms with Crippen LogP contribution in [0.2, 0.25) is 0 Å². The van der Waals surface area contributed by atoms with Crippen LogP contribution in [0.4, 0.5) is 5.69 Å². The first kappa shape index (κ1) is 17.6. The van der Waals surface area contributed by atoms with E-state index in [1.807, 2.05) is 61.5 Å². The van der Waals surface area contributed by atoms with Crippen molar-refractivity contribution >= 4 is 11.6 Å². The molecule has 3 rings (SSSR count). The molecule has 1 aliphatic rings. The molecule has 0 atom stereocenters. The van der Waals surface area contributed by atoms with Gasteiger partial charge in [0.15, 0.2) is 0 Å². The van der Waals surface area contributed by atoms with E-state index < -0.39 is 5.41 Å². The highest BCUT2D eigenvalue weighted by molar-refractivity contribution is 5.99. The van der Waals surface area contributed by atoms with Gasteiger partial charge in [-0.1, -0.05) is 42.5 Å². The zero-order valence-electron chi connectivity index (χ0n) is 14.7. The van der Waals surface area contributed by atoms with Crippen molar-refractivity contribution in [3.05, 3.63) is 65.7 Å². The lowest BCUT2D eigenvalue weighted by molar-refractivity contribution is -0.125. The minimum Gasteiger partial charge on any atom is -0.381 e. The molecular weight excluding hydrogens is 314 g/mol. The van der Waals surface area contributed by atoms with E-state index >= 15 is 0 Å². The number of hydrogen-bond acceptors (Lipinski definition) is 3. The molecule has 0 bridgehead atoms. The Kier molecular flexibility index (Phi) is 5.84. The third-order valence-corrected chi connectivity index (χ3v) is 4.77. The van der Waals surface area contributed by atoms with Crippen molar-refractivity contribution < 1.29 is 14.3 Å². The molecular formula is C21H25NO3. The highest BCUT2D eigenvalue weighted by Crippen LogP contribution is 2.36. The first-order valence-corrected chi connectivity index (χ1v) is 8.86. The fourth-order valence-electron chi connectivity index (χ4n) is 3.33. The zero-order valence-corrected chi connectivity index (χ0v) is 14.7. The van der Waals surface area contributed by atoms with Gasteiger partial charge in [-0.15, -0.1) is 0 Å². The second-order valence-corrected chi connectivity index (χ2v) is 6.35. The smallest absolute Gasteiger partial charge is 0.235 e. The van der Waals surface area contributed by atoms with Crippen molar-refractivity contribution in [1.29, 1.82) is 0 Å². The van der Waals surface area contributed by atoms with Crippen LogP contribution in [0.3, 0.4) is 0 Å². The largest absolute Gasteiger partial charge is 0.381 e. The van der Waals surface area contributed by atoms with Crippen LogP contribution in [0.25, 0.3) is 0 Å². The van der Waals surface area contributed by atoms with Gasteiger partial charge in [0.1, 0.15) is 0 Å². The average molecular weight is 339 g/mol. The molecule has 1 N–H and O–H groups in total. The van der Waals surface area contributed by atoms with Crippen molar-refractivity contribution in [1.82, 2.24) is 0 Å². The first-order valence-electron chi connectivity index (χ1n) is 8.86. The molecule has 1 saturated heterocycles. The SMILES string of the molecule is CCOCc1cccc(NC(=O)C2(c3ccccc3)CCOCC2)c1. The van der Waals surface area contributed by atoms with Gasteiger partial charge in [0, 0.05) is 25.5 Å². The standard InChI is InChI=1S/C21H25NO3/c1-2-24-16-17-7-6-10-19(15-17)22-20(23)21(11-13-25-14-12-21)18-8-4-3-5-9-18/h3-10,15H,2,11-14,16H2,1H3,(H,22,23). The van der Waals surface area contributed by atoms with Crippen LogP contribution in [-0.2, 0) is 26.3 Å². The quantitative estimate of drug-likeness (QED) is 0.868. The van der Waals surface area contributed by atoms with Crippen molar-refractivity contribution in [3.8, 4) is 0 Å². The fraction of sp³-hybridized carbons (Fsp3) is 0.381. The van der Waals surface area contributed by atoms with E-state index in [-0.39, 0.29) is 5.91 Å². The zero-order chi connectivity index (χ0) is 17.5. The molecule has 132 valence electrons. The predicted octanol–water partition coefficient (Wildman–Crippen LogP) is 3.91. The molecule has 1 fully saturated rings. The van der Waals surface area contributed by atoms with E-state index in [1.54, 1.807) is 0 Å². The van der Waals surface area contributed by atoms with Gasteiger partial charge in [-0.3, -0.25) is 4.79 Å². The van der Waals surface area contributed by atoms with E-state index in [9.17, 15) is 4.79 Å². The van der Waals surface area contributed by atoms with Crippen LogP contribution >= 0.6 is 0 Å². The van der Waals surface area contributed by atoms with Crippen molar-refractivity contribution in [2.45, 2.75) is 31.8 Å². The molecule has 0 spiro atoms. The van der Waals surface area contributed by atoms with Crippen LogP contribution < -0.4 is 5.32 Å². The Labute approximate surface area is 149 Å². The summed E-state index contributed by atoms with van der Waals surface area (Å²) >= 11 is 0. The number of rotatable bonds is 6. The Morgan fingerprint density at radius 2 is 1.88 bits per heavy atom. The molecule has 1 aliphatic heterocycles. The number of carbonyl (C=O) groups excluding carboxylic acids is 1. The van der Waals surface area contributed by atoms with Gasteiger partial charge in [0.25, 0.3) is 0 Å². The van der Waals surface area contributed by atoms with Gasteiger partial charge in [-0.25, -0.2) is 0 Å². The lowest BCUT2D eigenvalue weighted by atomic mass is 9.73. The van der Waals surface area contributed by atoms with Crippen molar-refractivity contribution in [3.63, 3.8) is 0 Å². The van der Waals surface area contributed by atoms with Crippen LogP contribution in [0, 0.1) is 0 Å². The second kappa shape index (κ2) is 8.28. The summed E-state index contributed by atoms with van der Waals surface area (Å²) in [5, 5.41) is 3.12. The number of benzene rings is 2. The van der Waals surface area contributed by atoms with Crippen LogP contribution in [-0.4, -0.2) is 25.7 Å². The maximum Gasteiger partial charge on any atom is 0.235 e. The molecule has 0 aliphatic carbocycles. The average Bonchev–Trinajstić information content (AvgIpc) is 2.68. The molecule has 1 heterocycles. The van der Waals surface area contributed by atoms with Crippen LogP contribution in [0.15, 0.2) is 54.6 Å². The summed E-state index contributed by atoms with van der Waals surface area (Å²) in [6.07, 6.45) is 1.39. The van der Waals surface area contributed by atoms with Gasteiger partial charge in [0.2, 0.25) is 5.91 Å². The third kappa shape index (κ3) is 4.09. The first-order chi connectivity index (χ1) is 12.2. The normalized spacial score (nSPS) is 16.4. The maximum absolute atomic E-state index is 13.2. The second-order valence-electron chi connectivity index (χ2n) is 6.35. The lowest BCUT2D eigenvalue weighted by Crippen LogP contribution is -2.44. The van der Waals surface area contributed by atoms with Crippen LogP contribution in [0.1, 0.15) is 30.9 Å². The summed E-state index contributed by atoms with van der Waals surface area (Å²) in [7, 11) is 0. The highest BCUT2D eigenvalue weighted by Gasteiger charge is 2.41. The topological polar surface area (TPSA) is 47.6 Å². The van der Waals surface area contributed by atoms with E-state index in [4.69, 9.17) is 9.47 Å². The minimum atomic E-state index is -0.532. The molecule has 2 aromatic carbocycles. The molecule has 4 nitrogen and oxygen atoms in total. The Bertz CT molecular complexity index is 693. The van der Waals surface area contributed by atoms with Gasteiger partial charge in [0.05, 0.1) is 12.0 Å². The minimum absolute atomic E-state index is 0.0376. The molecule has 1 amide bonds. The van der Waals surface area contributed by atoms with E-state index in [1.165, 1.54) is 0 Å². The van der Waals surface area contributed by atoms with Gasteiger partial charge < -0.3 is 14.8 Å². The summed E-state index contributed by atoms with van der Waals surface area (Å²) in [6.45, 7) is 4.41. The van der Waals surface area contributed by atoms with Gasteiger partial charge in [-0.2, -0.15) is 0 Å². The van der Waals surface area contributed by atoms with Crippen molar-refractivity contribution in [2.24, 2.45) is 0 Å². The fourth-order valence-corrected chi connectivity index (χ4v) is 3.33. The molecule has 2 aromatic rings. The number of ether oxygens (including phenoxy) is 2. The number of hydrogen-bond donors (Lipinski definition) is 1. The Morgan fingerprint density at radius 3 is 2.60 bits per heavy atom. The molecule has 25 heavy (non-hydrogen) atoms. The molecule has 4 heteroatoms. The van der Waals surface area contributed by atoms with Gasteiger partial charge >= 0.3 is 0 Å². The van der Waals surface area contributed by atoms with E-state index in [2.05, 4.69) is 5.32 Å². The molecule has 0 saturated carbocycles. The Morgan fingerprint density at radius 1 is 1.12 bits per heavy atom. The summed E-state index contributed by atoms with van der Waals surface area (Å²) in [5.74, 6) is 0.0376. The monoisotopic (exact) mass is 339 g/mol. The lowest BCUT2D eigenvalue weighted by Gasteiger charge is -2.36. The molecule has 0 unspecified atom stereocenters. The number of nitrogens with one attached hydrogen (secondary N) is 1. The summed E-state index contributed by atoms with van der Waals surface area (Å²) in [5.41, 5.74) is 2.39. The van der Waals surface area contributed by atoms with Gasteiger partial charge in [-0.05, 0) is 43.0 Å². The Hall–Kier alpha value is -2.17. The Balaban J connectivity index is 1.82. The van der Waals surface area contributed by atoms with Crippen molar-refractivity contribution in [2.75, 3.05) is 25.1 Å². The highest BCUT2D eigenvalue weighted by atomic mass is 16.5. The third-order valence-electron chi connectivity index (χ3n) is 4.77. The maximum atomic E-state index is 13.2. The van der Waals surface area contributed by atoms with E-state index in [0.717, 1.165) is 16.8 Å². The summed E-state index contributed by atoms with van der Waals surface area (Å²) < 4.78 is 11.0. The predicted molar refractivity (Wildman–Crippen MR) is 98.6 cm³/mol. The number of carbonyl (C=O) groups is 1. The summed E-state index contributed by atoms with van der Waals surface area (Å²) in [6, 6.07) is 17.9. The number of anilines is 1. The molecule has 0 aromatic heterocycles. The number of amides is 1. The molecule has 0 radical (unpaired) electrons. The van der Waals surface area contributed by atoms with Crippen LogP contribution in [0.5, 0.6) is 0 Å².